The van der Waals surface area contributed by atoms with E-state index in [0.717, 1.165) is 0 Å². The highest BCUT2D eigenvalue weighted by atomic mass is 16.5. The summed E-state index contributed by atoms with van der Waals surface area (Å²) in [5, 5.41) is 0. The van der Waals surface area contributed by atoms with Crippen LogP contribution in [0.1, 0.15) is 6.92 Å². The minimum atomic E-state index is -0.138. The zero-order chi connectivity index (χ0) is 10.3. The summed E-state index contributed by atoms with van der Waals surface area (Å²) in [6, 6.07) is 0.149. The molecule has 2 fully saturated rings. The normalized spacial score (nSPS) is 32.1. The van der Waals surface area contributed by atoms with Crippen LogP contribution in [0.5, 0.6) is 0 Å². The third kappa shape index (κ3) is 1.14. The predicted octanol–water partition coefficient (Wildman–Crippen LogP) is 0.533. The number of carbonyl (C=O) groups excluding carboxylic acids is 1. The smallest absolute Gasteiger partial charge is 0.272 e. The Hall–Kier alpha value is -1.29. The molecule has 2 rings (SSSR count). The van der Waals surface area contributed by atoms with E-state index in [-0.39, 0.29) is 18.2 Å². The van der Waals surface area contributed by atoms with E-state index in [0.29, 0.717) is 18.8 Å². The van der Waals surface area contributed by atoms with Gasteiger partial charge in [-0.3, -0.25) is 4.79 Å². The summed E-state index contributed by atoms with van der Waals surface area (Å²) in [5.41, 5.74) is 0.480. The van der Waals surface area contributed by atoms with Crippen molar-refractivity contribution in [1.82, 2.24) is 9.80 Å². The van der Waals surface area contributed by atoms with Crippen LogP contribution in [0.15, 0.2) is 25.1 Å². The maximum atomic E-state index is 11.8. The second-order valence-electron chi connectivity index (χ2n) is 3.63. The Bertz CT molecular complexity index is 300. The SMILES string of the molecule is C=CN1C[C@H]2OC[C@H](C)N2C(=O)C1=C. The molecule has 76 valence electrons. The second-order valence-corrected chi connectivity index (χ2v) is 3.63. The van der Waals surface area contributed by atoms with E-state index < -0.39 is 0 Å². The molecular weight excluding hydrogens is 180 g/mol. The van der Waals surface area contributed by atoms with Crippen LogP contribution >= 0.6 is 0 Å². The van der Waals surface area contributed by atoms with Crippen molar-refractivity contribution in [3.05, 3.63) is 25.1 Å². The van der Waals surface area contributed by atoms with E-state index in [1.54, 1.807) is 16.0 Å². The highest BCUT2D eigenvalue weighted by Crippen LogP contribution is 2.26. The molecule has 0 spiro atoms. The monoisotopic (exact) mass is 194 g/mol. The predicted molar refractivity (Wildman–Crippen MR) is 52.1 cm³/mol. The molecule has 2 saturated heterocycles. The van der Waals surface area contributed by atoms with Gasteiger partial charge in [0.05, 0.1) is 24.9 Å². The van der Waals surface area contributed by atoms with Crippen molar-refractivity contribution in [2.24, 2.45) is 0 Å². The lowest BCUT2D eigenvalue weighted by Crippen LogP contribution is -2.52. The lowest BCUT2D eigenvalue weighted by Gasteiger charge is -2.37. The lowest BCUT2D eigenvalue weighted by molar-refractivity contribution is -0.139. The van der Waals surface area contributed by atoms with Gasteiger partial charge in [-0.2, -0.15) is 0 Å². The molecule has 2 atom stereocenters. The zero-order valence-electron chi connectivity index (χ0n) is 8.27. The number of hydrogen-bond donors (Lipinski definition) is 0. The first-order valence-corrected chi connectivity index (χ1v) is 4.67. The van der Waals surface area contributed by atoms with Gasteiger partial charge in [-0.25, -0.2) is 0 Å². The van der Waals surface area contributed by atoms with Crippen molar-refractivity contribution in [2.45, 2.75) is 19.2 Å². The number of ether oxygens (including phenoxy) is 1. The molecule has 4 nitrogen and oxygen atoms in total. The first-order valence-electron chi connectivity index (χ1n) is 4.67. The van der Waals surface area contributed by atoms with E-state index in [2.05, 4.69) is 13.2 Å². The quantitative estimate of drug-likeness (QED) is 0.571. The molecule has 1 amide bonds. The summed E-state index contributed by atoms with van der Waals surface area (Å²) < 4.78 is 5.49. The number of piperazine rings is 1. The average molecular weight is 194 g/mol. The van der Waals surface area contributed by atoms with Crippen LogP contribution in [0, 0.1) is 0 Å². The van der Waals surface area contributed by atoms with Gasteiger partial charge < -0.3 is 14.5 Å². The van der Waals surface area contributed by atoms with Gasteiger partial charge in [0.1, 0.15) is 0 Å². The Labute approximate surface area is 83.4 Å². The lowest BCUT2D eigenvalue weighted by atomic mass is 10.2. The number of hydrogen-bond acceptors (Lipinski definition) is 3. The number of fused-ring (bicyclic) bond motifs is 1. The molecule has 2 heterocycles. The van der Waals surface area contributed by atoms with Crippen LogP contribution in [0.4, 0.5) is 0 Å². The number of carbonyl (C=O) groups is 1. The molecule has 0 N–H and O–H groups in total. The van der Waals surface area contributed by atoms with E-state index in [9.17, 15) is 4.79 Å². The van der Waals surface area contributed by atoms with Crippen LogP contribution < -0.4 is 0 Å². The zero-order valence-corrected chi connectivity index (χ0v) is 8.27. The summed E-state index contributed by atoms with van der Waals surface area (Å²) >= 11 is 0. The number of nitrogens with zero attached hydrogens (tertiary/aromatic N) is 2. The van der Waals surface area contributed by atoms with E-state index in [1.807, 2.05) is 6.92 Å². The fraction of sp³-hybridized carbons (Fsp3) is 0.500. The molecule has 0 saturated carbocycles. The highest BCUT2D eigenvalue weighted by molar-refractivity contribution is 5.93. The van der Waals surface area contributed by atoms with Crippen LogP contribution in [-0.4, -0.2) is 41.1 Å². The maximum Gasteiger partial charge on any atom is 0.272 e. The van der Waals surface area contributed by atoms with Crippen LogP contribution in [0.25, 0.3) is 0 Å². The van der Waals surface area contributed by atoms with E-state index >= 15 is 0 Å². The molecule has 0 bridgehead atoms. The third-order valence-corrected chi connectivity index (χ3v) is 2.72. The molecule has 0 radical (unpaired) electrons. The Balaban J connectivity index is 2.25. The van der Waals surface area contributed by atoms with E-state index in [1.165, 1.54) is 0 Å². The first kappa shape index (κ1) is 9.27. The van der Waals surface area contributed by atoms with Gasteiger partial charge >= 0.3 is 0 Å². The van der Waals surface area contributed by atoms with Crippen molar-refractivity contribution < 1.29 is 9.53 Å². The average Bonchev–Trinajstić information content (AvgIpc) is 2.54. The van der Waals surface area contributed by atoms with Gasteiger partial charge in [-0.1, -0.05) is 13.2 Å². The number of rotatable bonds is 1. The molecule has 0 aromatic carbocycles. The molecule has 0 aliphatic carbocycles. The van der Waals surface area contributed by atoms with Gasteiger partial charge in [0.25, 0.3) is 5.91 Å². The standard InChI is InChI=1S/C10H14N2O2/c1-4-11-5-9-12(7(2)6-14-9)10(13)8(11)3/h4,7,9H,1,3,5-6H2,2H3/t7-,9+/m0/s1. The Kier molecular flexibility index (Phi) is 2.07. The Morgan fingerprint density at radius 2 is 2.36 bits per heavy atom. The fourth-order valence-electron chi connectivity index (χ4n) is 1.90. The van der Waals surface area contributed by atoms with Crippen LogP contribution in [0.3, 0.4) is 0 Å². The first-order chi connectivity index (χ1) is 6.65. The molecule has 4 heteroatoms. The number of amides is 1. The molecule has 2 aliphatic heterocycles. The van der Waals surface area contributed by atoms with Crippen molar-refractivity contribution in [3.63, 3.8) is 0 Å². The molecule has 0 aromatic rings. The molecule has 0 unspecified atom stereocenters. The topological polar surface area (TPSA) is 32.8 Å². The van der Waals surface area contributed by atoms with Crippen molar-refractivity contribution in [3.8, 4) is 0 Å². The summed E-state index contributed by atoms with van der Waals surface area (Å²) in [7, 11) is 0. The minimum Gasteiger partial charge on any atom is -0.354 e. The minimum absolute atomic E-state index is 0.0499. The van der Waals surface area contributed by atoms with E-state index in [4.69, 9.17) is 4.74 Å². The summed E-state index contributed by atoms with van der Waals surface area (Å²) in [6.45, 7) is 10.6. The molecule has 14 heavy (non-hydrogen) atoms. The van der Waals surface area contributed by atoms with Gasteiger partial charge in [0.15, 0.2) is 6.23 Å². The van der Waals surface area contributed by atoms with Gasteiger partial charge in [0.2, 0.25) is 0 Å². The van der Waals surface area contributed by atoms with Crippen molar-refractivity contribution in [1.29, 1.82) is 0 Å². The summed E-state index contributed by atoms with van der Waals surface area (Å²) in [5.74, 6) is -0.0499. The summed E-state index contributed by atoms with van der Waals surface area (Å²) in [6.07, 6.45) is 1.48. The maximum absolute atomic E-state index is 11.8. The second kappa shape index (κ2) is 3.13. The fourth-order valence-corrected chi connectivity index (χ4v) is 1.90. The Morgan fingerprint density at radius 1 is 1.64 bits per heavy atom. The highest BCUT2D eigenvalue weighted by Gasteiger charge is 2.41. The van der Waals surface area contributed by atoms with Gasteiger partial charge in [0, 0.05) is 0 Å². The third-order valence-electron chi connectivity index (χ3n) is 2.72. The summed E-state index contributed by atoms with van der Waals surface area (Å²) in [4.78, 5) is 15.3. The molecule has 2 aliphatic rings. The van der Waals surface area contributed by atoms with Crippen molar-refractivity contribution in [2.75, 3.05) is 13.2 Å². The molecule has 0 aromatic heterocycles. The Morgan fingerprint density at radius 3 is 3.00 bits per heavy atom. The van der Waals surface area contributed by atoms with Gasteiger partial charge in [-0.05, 0) is 13.1 Å². The van der Waals surface area contributed by atoms with Crippen molar-refractivity contribution >= 4 is 5.91 Å². The van der Waals surface area contributed by atoms with Gasteiger partial charge in [-0.15, -0.1) is 0 Å². The van der Waals surface area contributed by atoms with Crippen LogP contribution in [-0.2, 0) is 9.53 Å². The molecular formula is C10H14N2O2. The van der Waals surface area contributed by atoms with Crippen LogP contribution in [0.2, 0.25) is 0 Å². The largest absolute Gasteiger partial charge is 0.354 e.